The molecule has 0 aromatic heterocycles. The van der Waals surface area contributed by atoms with Crippen molar-refractivity contribution in [2.45, 2.75) is 90.3 Å². The molecule has 1 aliphatic rings. The summed E-state index contributed by atoms with van der Waals surface area (Å²) in [5, 5.41) is 10.7. The molecule has 0 amide bonds. The number of hydrogen-bond acceptors (Lipinski definition) is 5. The number of phenols is 1. The molecular weight excluding hydrogens is 460 g/mol. The number of fused-ring (bicyclic) bond motifs is 1. The minimum absolute atomic E-state index is 0.00592. The van der Waals surface area contributed by atoms with Gasteiger partial charge in [-0.1, -0.05) is 53.7 Å². The molecular formula is C27H40O5Si2. The molecule has 0 unspecified atom stereocenters. The zero-order valence-electron chi connectivity index (χ0n) is 22.3. The summed E-state index contributed by atoms with van der Waals surface area (Å²) in [5.74, 6) is 1.52. The van der Waals surface area contributed by atoms with Crippen LogP contribution in [0.4, 0.5) is 0 Å². The van der Waals surface area contributed by atoms with E-state index in [2.05, 4.69) is 67.7 Å². The lowest BCUT2D eigenvalue weighted by Gasteiger charge is -2.37. The van der Waals surface area contributed by atoms with Crippen molar-refractivity contribution in [2.75, 3.05) is 0 Å². The Balaban J connectivity index is 1.84. The van der Waals surface area contributed by atoms with Crippen LogP contribution in [-0.2, 0) is 0 Å². The minimum Gasteiger partial charge on any atom is -0.544 e. The van der Waals surface area contributed by atoms with Crippen molar-refractivity contribution in [2.24, 2.45) is 0 Å². The lowest BCUT2D eigenvalue weighted by Crippen LogP contribution is -2.43. The fourth-order valence-electron chi connectivity index (χ4n) is 3.31. The van der Waals surface area contributed by atoms with E-state index in [1.54, 1.807) is 6.07 Å². The van der Waals surface area contributed by atoms with Crippen LogP contribution in [0.15, 0.2) is 36.4 Å². The Bertz CT molecular complexity index is 1060. The molecule has 1 aliphatic heterocycles. The molecule has 0 aliphatic carbocycles. The molecule has 0 bridgehead atoms. The zero-order valence-corrected chi connectivity index (χ0v) is 24.3. The predicted octanol–water partition coefficient (Wildman–Crippen LogP) is 7.87. The highest BCUT2D eigenvalue weighted by atomic mass is 28.4. The van der Waals surface area contributed by atoms with Crippen LogP contribution in [0.5, 0.6) is 23.0 Å². The highest BCUT2D eigenvalue weighted by molar-refractivity contribution is 6.75. The van der Waals surface area contributed by atoms with Crippen LogP contribution < -0.4 is 13.6 Å². The Morgan fingerprint density at radius 3 is 1.85 bits per heavy atom. The molecule has 34 heavy (non-hydrogen) atoms. The number of carbonyl (C=O) groups is 1. The first kappa shape index (κ1) is 26.4. The summed E-state index contributed by atoms with van der Waals surface area (Å²) in [4.78, 5) is 12.9. The second-order valence-corrected chi connectivity index (χ2v) is 21.8. The van der Waals surface area contributed by atoms with Crippen molar-refractivity contribution in [3.63, 3.8) is 0 Å². The van der Waals surface area contributed by atoms with Gasteiger partial charge in [-0.25, -0.2) is 0 Å². The highest BCUT2D eigenvalue weighted by Crippen LogP contribution is 2.45. The molecule has 0 saturated heterocycles. The second-order valence-electron chi connectivity index (χ2n) is 12.3. The molecule has 2 aromatic carbocycles. The van der Waals surface area contributed by atoms with Crippen LogP contribution in [0, 0.1) is 0 Å². The molecule has 1 heterocycles. The van der Waals surface area contributed by atoms with Gasteiger partial charge in [0.2, 0.25) is 16.6 Å². The molecule has 0 radical (unpaired) electrons. The summed E-state index contributed by atoms with van der Waals surface area (Å²) in [7, 11) is -4.04. The maximum Gasteiger partial charge on any atom is 0.250 e. The van der Waals surface area contributed by atoms with Crippen LogP contribution in [0.3, 0.4) is 0 Å². The number of ether oxygens (including phenoxy) is 1. The van der Waals surface area contributed by atoms with Gasteiger partial charge in [0, 0.05) is 12.1 Å². The van der Waals surface area contributed by atoms with Gasteiger partial charge in [-0.3, -0.25) is 4.79 Å². The van der Waals surface area contributed by atoms with Gasteiger partial charge in [0.1, 0.15) is 34.7 Å². The van der Waals surface area contributed by atoms with E-state index in [0.29, 0.717) is 11.5 Å². The predicted molar refractivity (Wildman–Crippen MR) is 143 cm³/mol. The summed E-state index contributed by atoms with van der Waals surface area (Å²) in [6, 6.07) is 11.1. The lowest BCUT2D eigenvalue weighted by molar-refractivity contribution is 0.0845. The van der Waals surface area contributed by atoms with E-state index in [0.717, 1.165) is 11.3 Å². The molecule has 186 valence electrons. The molecule has 1 N–H and O–H groups in total. The van der Waals surface area contributed by atoms with Crippen LogP contribution in [-0.4, -0.2) is 27.5 Å². The third-order valence-corrected chi connectivity index (χ3v) is 16.3. The van der Waals surface area contributed by atoms with Gasteiger partial charge in [0.15, 0.2) is 5.78 Å². The van der Waals surface area contributed by atoms with Gasteiger partial charge >= 0.3 is 0 Å². The van der Waals surface area contributed by atoms with Crippen molar-refractivity contribution < 1.29 is 23.5 Å². The topological polar surface area (TPSA) is 65.0 Å². The fourth-order valence-corrected chi connectivity index (χ4v) is 5.35. The number of aromatic hydroxyl groups is 1. The third-order valence-electron chi connectivity index (χ3n) is 7.58. The van der Waals surface area contributed by atoms with Crippen LogP contribution >= 0.6 is 0 Å². The third kappa shape index (κ3) is 5.35. The average Bonchev–Trinajstić information content (AvgIpc) is 2.65. The van der Waals surface area contributed by atoms with Gasteiger partial charge < -0.3 is 18.7 Å². The number of benzene rings is 2. The fraction of sp³-hybridized carbons (Fsp3) is 0.519. The van der Waals surface area contributed by atoms with Crippen molar-refractivity contribution in [3.8, 4) is 23.0 Å². The molecule has 5 nitrogen and oxygen atoms in total. The molecule has 1 atom stereocenters. The summed E-state index contributed by atoms with van der Waals surface area (Å²) in [5.41, 5.74) is 1.13. The molecule has 0 spiro atoms. The highest BCUT2D eigenvalue weighted by Gasteiger charge is 2.40. The zero-order chi connectivity index (χ0) is 25.7. The van der Waals surface area contributed by atoms with Gasteiger partial charge in [0.25, 0.3) is 0 Å². The quantitative estimate of drug-likeness (QED) is 0.423. The van der Waals surface area contributed by atoms with Crippen molar-refractivity contribution in [1.29, 1.82) is 0 Å². The number of ketones is 1. The van der Waals surface area contributed by atoms with E-state index in [1.807, 2.05) is 24.3 Å². The maximum atomic E-state index is 12.9. The average molecular weight is 501 g/mol. The number of Topliss-reactive ketones (excluding diaryl/α,β-unsaturated/α-hetero) is 1. The Morgan fingerprint density at radius 2 is 1.35 bits per heavy atom. The first-order valence-corrected chi connectivity index (χ1v) is 17.8. The smallest absolute Gasteiger partial charge is 0.250 e. The Morgan fingerprint density at radius 1 is 0.853 bits per heavy atom. The van der Waals surface area contributed by atoms with Crippen molar-refractivity contribution in [3.05, 3.63) is 47.5 Å². The normalized spacial score (nSPS) is 17.1. The molecule has 2 aromatic rings. The van der Waals surface area contributed by atoms with E-state index in [4.69, 9.17) is 13.6 Å². The van der Waals surface area contributed by atoms with Crippen molar-refractivity contribution >= 4 is 22.4 Å². The van der Waals surface area contributed by atoms with Crippen LogP contribution in [0.2, 0.25) is 36.3 Å². The minimum atomic E-state index is -2.11. The first-order valence-electron chi connectivity index (χ1n) is 12.0. The second kappa shape index (κ2) is 8.75. The summed E-state index contributed by atoms with van der Waals surface area (Å²) in [6.45, 7) is 21.8. The van der Waals surface area contributed by atoms with E-state index in [1.165, 1.54) is 6.07 Å². The molecule has 0 fully saturated rings. The molecule has 0 saturated carbocycles. The monoisotopic (exact) mass is 500 g/mol. The maximum absolute atomic E-state index is 12.9. The summed E-state index contributed by atoms with van der Waals surface area (Å²) in [6.07, 6.45) is -0.254. The number of carbonyl (C=O) groups excluding carboxylic acids is 1. The number of phenolic OH excluding ortho intramolecular Hbond substituents is 1. The Hall–Kier alpha value is -2.26. The van der Waals surface area contributed by atoms with E-state index >= 15 is 0 Å². The first-order chi connectivity index (χ1) is 15.4. The molecule has 7 heteroatoms. The lowest BCUT2D eigenvalue weighted by atomic mass is 9.95. The van der Waals surface area contributed by atoms with Crippen LogP contribution in [0.1, 0.15) is 70.0 Å². The standard InChI is InChI=1S/C27H40O5Si2/c1-26(2,3)33(7,8)31-19-13-11-18(12-14-19)23-17-22(29)25-21(28)15-20(16-24(25)30-23)32-34(9,10)27(4,5)6/h11-16,23,28H,17H2,1-10H3/t23-/m1/s1. The number of hydrogen-bond donors (Lipinski definition) is 1. The van der Waals surface area contributed by atoms with Crippen LogP contribution in [0.25, 0.3) is 0 Å². The Kier molecular flexibility index (Phi) is 6.78. The summed E-state index contributed by atoms with van der Waals surface area (Å²) < 4.78 is 19.0. The van der Waals surface area contributed by atoms with E-state index in [9.17, 15) is 9.90 Å². The summed E-state index contributed by atoms with van der Waals surface area (Å²) >= 11 is 0. The SMILES string of the molecule is CC(C)(C)[Si](C)(C)Oc1ccc([C@H]2CC(=O)c3c(O)cc(O[Si](C)(C)C(C)(C)C)cc3O2)cc1. The van der Waals surface area contributed by atoms with E-state index < -0.39 is 22.7 Å². The van der Waals surface area contributed by atoms with Gasteiger partial charge in [-0.15, -0.1) is 0 Å². The number of rotatable bonds is 5. The molecule has 3 rings (SSSR count). The van der Waals surface area contributed by atoms with Gasteiger partial charge in [0.05, 0.1) is 6.42 Å². The van der Waals surface area contributed by atoms with Gasteiger partial charge in [-0.05, 0) is 54.0 Å². The van der Waals surface area contributed by atoms with E-state index in [-0.39, 0.29) is 33.6 Å². The van der Waals surface area contributed by atoms with Crippen molar-refractivity contribution in [1.82, 2.24) is 0 Å². The van der Waals surface area contributed by atoms with Gasteiger partial charge in [-0.2, -0.15) is 0 Å². The Labute approximate surface area is 206 Å². The largest absolute Gasteiger partial charge is 0.544 e.